The van der Waals surface area contributed by atoms with E-state index in [2.05, 4.69) is 6.92 Å². The Bertz CT molecular complexity index is 490. The van der Waals surface area contributed by atoms with E-state index < -0.39 is 17.2 Å². The summed E-state index contributed by atoms with van der Waals surface area (Å²) < 4.78 is 33.3. The van der Waals surface area contributed by atoms with Crippen LogP contribution in [0.1, 0.15) is 57.9 Å². The summed E-state index contributed by atoms with van der Waals surface area (Å²) in [5, 5.41) is 10.7. The average molecular weight is 298 g/mol. The molecule has 1 aliphatic rings. The molecule has 0 bridgehead atoms. The predicted octanol–water partition coefficient (Wildman–Crippen LogP) is 4.54. The van der Waals surface area contributed by atoms with Crippen LogP contribution >= 0.6 is 0 Å². The SMILES string of the molecule is CCCCC1CCC(O)(c2ccc(OCC)c(F)c2F)C1. The van der Waals surface area contributed by atoms with Crippen molar-refractivity contribution in [2.24, 2.45) is 5.92 Å². The van der Waals surface area contributed by atoms with Crippen LogP contribution in [0, 0.1) is 17.6 Å². The molecule has 1 fully saturated rings. The monoisotopic (exact) mass is 298 g/mol. The number of halogens is 2. The van der Waals surface area contributed by atoms with Gasteiger partial charge in [0.2, 0.25) is 5.82 Å². The Morgan fingerprint density at radius 3 is 2.71 bits per heavy atom. The summed E-state index contributed by atoms with van der Waals surface area (Å²) in [6.45, 7) is 4.12. The van der Waals surface area contributed by atoms with Gasteiger partial charge in [0.15, 0.2) is 11.6 Å². The van der Waals surface area contributed by atoms with Gasteiger partial charge in [-0.25, -0.2) is 4.39 Å². The molecule has 118 valence electrons. The zero-order valence-corrected chi connectivity index (χ0v) is 12.8. The second-order valence-electron chi connectivity index (χ2n) is 5.95. The zero-order valence-electron chi connectivity index (χ0n) is 12.8. The topological polar surface area (TPSA) is 29.5 Å². The smallest absolute Gasteiger partial charge is 0.200 e. The van der Waals surface area contributed by atoms with E-state index in [0.717, 1.165) is 25.7 Å². The van der Waals surface area contributed by atoms with Gasteiger partial charge < -0.3 is 9.84 Å². The molecular weight excluding hydrogens is 274 g/mol. The molecule has 2 unspecified atom stereocenters. The summed E-state index contributed by atoms with van der Waals surface area (Å²) in [7, 11) is 0. The third-order valence-corrected chi connectivity index (χ3v) is 4.41. The number of hydrogen-bond donors (Lipinski definition) is 1. The Balaban J connectivity index is 2.20. The van der Waals surface area contributed by atoms with E-state index in [1.54, 1.807) is 6.92 Å². The minimum Gasteiger partial charge on any atom is -0.491 e. The first-order valence-electron chi connectivity index (χ1n) is 7.85. The van der Waals surface area contributed by atoms with E-state index in [4.69, 9.17) is 4.74 Å². The summed E-state index contributed by atoms with van der Waals surface area (Å²) >= 11 is 0. The van der Waals surface area contributed by atoms with Crippen LogP contribution in [0.25, 0.3) is 0 Å². The van der Waals surface area contributed by atoms with E-state index in [0.29, 0.717) is 18.8 Å². The normalized spacial score (nSPS) is 25.3. The largest absolute Gasteiger partial charge is 0.491 e. The maximum absolute atomic E-state index is 14.2. The fourth-order valence-electron chi connectivity index (χ4n) is 3.27. The maximum Gasteiger partial charge on any atom is 0.200 e. The van der Waals surface area contributed by atoms with Gasteiger partial charge in [0.1, 0.15) is 0 Å². The van der Waals surface area contributed by atoms with Gasteiger partial charge in [-0.05, 0) is 44.2 Å². The number of hydrogen-bond acceptors (Lipinski definition) is 2. The van der Waals surface area contributed by atoms with Crippen molar-refractivity contribution in [2.45, 2.75) is 58.0 Å². The second-order valence-corrected chi connectivity index (χ2v) is 5.95. The molecule has 0 aliphatic heterocycles. The Labute approximate surface area is 125 Å². The van der Waals surface area contributed by atoms with Crippen LogP contribution in [0.3, 0.4) is 0 Å². The first-order valence-corrected chi connectivity index (χ1v) is 7.85. The Kier molecular flexibility index (Phi) is 5.20. The van der Waals surface area contributed by atoms with Crippen molar-refractivity contribution in [3.8, 4) is 5.75 Å². The zero-order chi connectivity index (χ0) is 15.5. The van der Waals surface area contributed by atoms with Crippen molar-refractivity contribution < 1.29 is 18.6 Å². The molecule has 21 heavy (non-hydrogen) atoms. The molecule has 0 spiro atoms. The number of benzene rings is 1. The maximum atomic E-state index is 14.2. The van der Waals surface area contributed by atoms with Crippen LogP contribution < -0.4 is 4.74 Å². The second kappa shape index (κ2) is 6.73. The van der Waals surface area contributed by atoms with Crippen LogP contribution in [-0.4, -0.2) is 11.7 Å². The molecule has 1 aromatic carbocycles. The molecule has 2 rings (SSSR count). The first-order chi connectivity index (χ1) is 10.0. The molecule has 1 aromatic rings. The first kappa shape index (κ1) is 16.2. The van der Waals surface area contributed by atoms with Gasteiger partial charge in [-0.2, -0.15) is 4.39 Å². The van der Waals surface area contributed by atoms with Gasteiger partial charge in [-0.1, -0.05) is 26.2 Å². The third kappa shape index (κ3) is 3.37. The molecule has 0 saturated heterocycles. The Morgan fingerprint density at radius 2 is 2.05 bits per heavy atom. The van der Waals surface area contributed by atoms with Gasteiger partial charge in [-0.3, -0.25) is 0 Å². The number of ether oxygens (including phenoxy) is 1. The van der Waals surface area contributed by atoms with Crippen LogP contribution in [0.15, 0.2) is 12.1 Å². The lowest BCUT2D eigenvalue weighted by Gasteiger charge is -2.24. The van der Waals surface area contributed by atoms with E-state index >= 15 is 0 Å². The molecule has 1 saturated carbocycles. The number of unbranched alkanes of at least 4 members (excludes halogenated alkanes) is 1. The molecular formula is C17H24F2O2. The fourth-order valence-corrected chi connectivity index (χ4v) is 3.27. The van der Waals surface area contributed by atoms with E-state index in [-0.39, 0.29) is 17.9 Å². The quantitative estimate of drug-likeness (QED) is 0.835. The van der Waals surface area contributed by atoms with E-state index in [1.807, 2.05) is 0 Å². The highest BCUT2D eigenvalue weighted by Gasteiger charge is 2.41. The van der Waals surface area contributed by atoms with Crippen molar-refractivity contribution >= 4 is 0 Å². The van der Waals surface area contributed by atoms with Crippen molar-refractivity contribution in [1.29, 1.82) is 0 Å². The van der Waals surface area contributed by atoms with Gasteiger partial charge >= 0.3 is 0 Å². The average Bonchev–Trinajstić information content (AvgIpc) is 2.84. The highest BCUT2D eigenvalue weighted by atomic mass is 19.2. The highest BCUT2D eigenvalue weighted by molar-refractivity contribution is 5.35. The fraction of sp³-hybridized carbons (Fsp3) is 0.647. The summed E-state index contributed by atoms with van der Waals surface area (Å²) in [6.07, 6.45) is 5.13. The molecule has 1 aliphatic carbocycles. The molecule has 0 radical (unpaired) electrons. The summed E-state index contributed by atoms with van der Waals surface area (Å²) in [5.41, 5.74) is -1.17. The van der Waals surface area contributed by atoms with Crippen LogP contribution in [-0.2, 0) is 5.60 Å². The van der Waals surface area contributed by atoms with Gasteiger partial charge in [0, 0.05) is 5.56 Å². The minimum absolute atomic E-state index is 0.0717. The van der Waals surface area contributed by atoms with Gasteiger partial charge in [0.25, 0.3) is 0 Å². The standard InChI is InChI=1S/C17H24F2O2/c1-3-5-6-12-9-10-17(20,11-12)13-7-8-14(21-4-2)16(19)15(13)18/h7-8,12,20H,3-6,9-11H2,1-2H3. The van der Waals surface area contributed by atoms with Crippen LogP contribution in [0.2, 0.25) is 0 Å². The van der Waals surface area contributed by atoms with E-state index in [1.165, 1.54) is 12.1 Å². The number of aliphatic hydroxyl groups is 1. The van der Waals surface area contributed by atoms with E-state index in [9.17, 15) is 13.9 Å². The lowest BCUT2D eigenvalue weighted by molar-refractivity contribution is 0.0350. The predicted molar refractivity (Wildman–Crippen MR) is 78.3 cm³/mol. The van der Waals surface area contributed by atoms with Gasteiger partial charge in [-0.15, -0.1) is 0 Å². The Morgan fingerprint density at radius 1 is 1.29 bits per heavy atom. The lowest BCUT2D eigenvalue weighted by Crippen LogP contribution is -2.24. The summed E-state index contributed by atoms with van der Waals surface area (Å²) in [6, 6.07) is 2.88. The summed E-state index contributed by atoms with van der Waals surface area (Å²) in [4.78, 5) is 0. The lowest BCUT2D eigenvalue weighted by atomic mass is 9.89. The third-order valence-electron chi connectivity index (χ3n) is 4.41. The molecule has 2 atom stereocenters. The minimum atomic E-state index is -1.24. The van der Waals surface area contributed by atoms with Crippen molar-refractivity contribution in [3.63, 3.8) is 0 Å². The Hall–Kier alpha value is -1.16. The van der Waals surface area contributed by atoms with Crippen LogP contribution in [0.4, 0.5) is 8.78 Å². The molecule has 0 heterocycles. The molecule has 4 heteroatoms. The van der Waals surface area contributed by atoms with Crippen molar-refractivity contribution in [3.05, 3.63) is 29.3 Å². The van der Waals surface area contributed by atoms with Crippen molar-refractivity contribution in [2.75, 3.05) is 6.61 Å². The molecule has 1 N–H and O–H groups in total. The molecule has 0 aromatic heterocycles. The summed E-state index contributed by atoms with van der Waals surface area (Å²) in [5.74, 6) is -1.67. The number of rotatable bonds is 6. The van der Waals surface area contributed by atoms with Crippen molar-refractivity contribution in [1.82, 2.24) is 0 Å². The molecule has 2 nitrogen and oxygen atoms in total. The van der Waals surface area contributed by atoms with Crippen LogP contribution in [0.5, 0.6) is 5.75 Å². The van der Waals surface area contributed by atoms with Gasteiger partial charge in [0.05, 0.1) is 12.2 Å². The highest BCUT2D eigenvalue weighted by Crippen LogP contribution is 2.45. The molecule has 0 amide bonds.